The van der Waals surface area contributed by atoms with Crippen molar-refractivity contribution in [1.29, 1.82) is 0 Å². The number of nitrogens with zero attached hydrogens (tertiary/aromatic N) is 1. The first kappa shape index (κ1) is 10.0. The van der Waals surface area contributed by atoms with Gasteiger partial charge in [0.2, 0.25) is 11.8 Å². The molecule has 0 aromatic carbocycles. The number of carbonyl (C=O) groups is 2. The lowest BCUT2D eigenvalue weighted by Crippen LogP contribution is -2.35. The zero-order chi connectivity index (χ0) is 10.0. The Kier molecular flexibility index (Phi) is 2.90. The van der Waals surface area contributed by atoms with Crippen molar-refractivity contribution in [3.05, 3.63) is 0 Å². The molecule has 1 saturated heterocycles. The van der Waals surface area contributed by atoms with Gasteiger partial charge in [-0.15, -0.1) is 0 Å². The summed E-state index contributed by atoms with van der Waals surface area (Å²) in [5.41, 5.74) is 5.15. The van der Waals surface area contributed by atoms with Crippen LogP contribution in [0, 0.1) is 5.92 Å². The minimum Gasteiger partial charge on any atom is -0.369 e. The van der Waals surface area contributed by atoms with E-state index < -0.39 is 0 Å². The molecule has 2 N–H and O–H groups in total. The quantitative estimate of drug-likeness (QED) is 0.677. The smallest absolute Gasteiger partial charge is 0.223 e. The Balaban J connectivity index is 2.61. The van der Waals surface area contributed by atoms with Gasteiger partial charge in [0.1, 0.15) is 0 Å². The number of carbonyl (C=O) groups excluding carboxylic acids is 2. The van der Waals surface area contributed by atoms with E-state index in [2.05, 4.69) is 0 Å². The van der Waals surface area contributed by atoms with E-state index in [-0.39, 0.29) is 23.8 Å². The van der Waals surface area contributed by atoms with Gasteiger partial charge < -0.3 is 10.6 Å². The maximum Gasteiger partial charge on any atom is 0.223 e. The molecular formula is C9H16N2O2. The van der Waals surface area contributed by atoms with Gasteiger partial charge in [0.05, 0.1) is 5.92 Å². The molecule has 1 rings (SSSR count). The highest BCUT2D eigenvalue weighted by Gasteiger charge is 2.34. The van der Waals surface area contributed by atoms with Crippen LogP contribution in [0.5, 0.6) is 0 Å². The molecule has 2 amide bonds. The highest BCUT2D eigenvalue weighted by molar-refractivity contribution is 5.88. The number of nitrogens with two attached hydrogens (primary N) is 1. The Labute approximate surface area is 78.1 Å². The van der Waals surface area contributed by atoms with E-state index in [1.807, 2.05) is 13.8 Å². The molecule has 0 spiro atoms. The first-order valence-electron chi connectivity index (χ1n) is 4.65. The molecule has 0 bridgehead atoms. The maximum atomic E-state index is 11.4. The van der Waals surface area contributed by atoms with Gasteiger partial charge in [-0.3, -0.25) is 9.59 Å². The Hall–Kier alpha value is -1.06. The number of hydrogen-bond donors (Lipinski definition) is 1. The molecule has 1 heterocycles. The Morgan fingerprint density at radius 3 is 2.77 bits per heavy atom. The largest absolute Gasteiger partial charge is 0.369 e. The summed E-state index contributed by atoms with van der Waals surface area (Å²) in [7, 11) is 0. The molecule has 4 nitrogen and oxygen atoms in total. The van der Waals surface area contributed by atoms with E-state index in [4.69, 9.17) is 5.73 Å². The molecule has 0 radical (unpaired) electrons. The summed E-state index contributed by atoms with van der Waals surface area (Å²) < 4.78 is 0. The number of likely N-dealkylation sites (tertiary alicyclic amines) is 1. The van der Waals surface area contributed by atoms with Crippen molar-refractivity contribution in [3.63, 3.8) is 0 Å². The van der Waals surface area contributed by atoms with Crippen LogP contribution in [0.1, 0.15) is 26.7 Å². The van der Waals surface area contributed by atoms with Crippen molar-refractivity contribution < 1.29 is 9.59 Å². The van der Waals surface area contributed by atoms with Crippen molar-refractivity contribution in [1.82, 2.24) is 4.90 Å². The SMILES string of the molecule is CC[C@@H](C)N1C[C@H](C(N)=O)CC1=O. The van der Waals surface area contributed by atoms with Gasteiger partial charge in [0.25, 0.3) is 0 Å². The average Bonchev–Trinajstić information content (AvgIpc) is 2.46. The zero-order valence-electron chi connectivity index (χ0n) is 8.12. The van der Waals surface area contributed by atoms with Gasteiger partial charge in [0, 0.05) is 19.0 Å². The van der Waals surface area contributed by atoms with Crippen molar-refractivity contribution >= 4 is 11.8 Å². The van der Waals surface area contributed by atoms with E-state index in [1.54, 1.807) is 4.90 Å². The molecule has 0 saturated carbocycles. The van der Waals surface area contributed by atoms with Crippen LogP contribution in [0.2, 0.25) is 0 Å². The van der Waals surface area contributed by atoms with Gasteiger partial charge in [-0.1, -0.05) is 6.92 Å². The minimum absolute atomic E-state index is 0.0538. The van der Waals surface area contributed by atoms with E-state index in [1.165, 1.54) is 0 Å². The second kappa shape index (κ2) is 3.77. The summed E-state index contributed by atoms with van der Waals surface area (Å²) in [5.74, 6) is -0.584. The van der Waals surface area contributed by atoms with Crippen LogP contribution in [0.3, 0.4) is 0 Å². The second-order valence-electron chi connectivity index (χ2n) is 3.61. The third-order valence-corrected chi connectivity index (χ3v) is 2.68. The lowest BCUT2D eigenvalue weighted by molar-refractivity contribution is -0.129. The van der Waals surface area contributed by atoms with Crippen molar-refractivity contribution in [2.75, 3.05) is 6.54 Å². The fourth-order valence-electron chi connectivity index (χ4n) is 1.57. The Bertz CT molecular complexity index is 228. The predicted octanol–water partition coefficient (Wildman–Crippen LogP) is 0.119. The van der Waals surface area contributed by atoms with Crippen LogP contribution in [0.15, 0.2) is 0 Å². The Morgan fingerprint density at radius 1 is 1.77 bits per heavy atom. The van der Waals surface area contributed by atoms with Crippen LogP contribution >= 0.6 is 0 Å². The monoisotopic (exact) mass is 184 g/mol. The molecule has 74 valence electrons. The summed E-state index contributed by atoms with van der Waals surface area (Å²) >= 11 is 0. The highest BCUT2D eigenvalue weighted by atomic mass is 16.2. The molecule has 1 fully saturated rings. The summed E-state index contributed by atoms with van der Waals surface area (Å²) in [5, 5.41) is 0. The molecule has 1 aliphatic heterocycles. The van der Waals surface area contributed by atoms with E-state index in [0.29, 0.717) is 13.0 Å². The van der Waals surface area contributed by atoms with Crippen molar-refractivity contribution in [2.45, 2.75) is 32.7 Å². The lowest BCUT2D eigenvalue weighted by Gasteiger charge is -2.23. The van der Waals surface area contributed by atoms with Crippen molar-refractivity contribution in [3.8, 4) is 0 Å². The standard InChI is InChI=1S/C9H16N2O2/c1-3-6(2)11-5-7(9(10)13)4-8(11)12/h6-7H,3-5H2,1-2H3,(H2,10,13)/t6-,7-/m1/s1. The number of rotatable bonds is 3. The molecule has 13 heavy (non-hydrogen) atoms. The normalized spacial score (nSPS) is 24.9. The zero-order valence-corrected chi connectivity index (χ0v) is 8.12. The van der Waals surface area contributed by atoms with Gasteiger partial charge >= 0.3 is 0 Å². The highest BCUT2D eigenvalue weighted by Crippen LogP contribution is 2.20. The topological polar surface area (TPSA) is 63.4 Å². The van der Waals surface area contributed by atoms with Crippen LogP contribution < -0.4 is 5.73 Å². The summed E-state index contributed by atoms with van der Waals surface area (Å²) in [6.07, 6.45) is 1.21. The first-order valence-corrected chi connectivity index (χ1v) is 4.65. The van der Waals surface area contributed by atoms with Gasteiger partial charge in [-0.05, 0) is 13.3 Å². The number of hydrogen-bond acceptors (Lipinski definition) is 2. The lowest BCUT2D eigenvalue weighted by atomic mass is 10.1. The predicted molar refractivity (Wildman–Crippen MR) is 48.8 cm³/mol. The summed E-state index contributed by atoms with van der Waals surface area (Å²) in [4.78, 5) is 24.0. The van der Waals surface area contributed by atoms with E-state index in [0.717, 1.165) is 6.42 Å². The number of primary amides is 1. The summed E-state index contributed by atoms with van der Waals surface area (Å²) in [6, 6.07) is 0.219. The first-order chi connectivity index (χ1) is 6.06. The van der Waals surface area contributed by atoms with Crippen molar-refractivity contribution in [2.24, 2.45) is 11.7 Å². The van der Waals surface area contributed by atoms with Gasteiger partial charge in [-0.2, -0.15) is 0 Å². The molecule has 0 unspecified atom stereocenters. The Morgan fingerprint density at radius 2 is 2.38 bits per heavy atom. The number of amides is 2. The molecule has 1 aliphatic rings. The molecule has 4 heteroatoms. The molecule has 0 aromatic rings. The molecule has 0 aliphatic carbocycles. The van der Waals surface area contributed by atoms with Gasteiger partial charge in [-0.25, -0.2) is 0 Å². The fourth-order valence-corrected chi connectivity index (χ4v) is 1.57. The fraction of sp³-hybridized carbons (Fsp3) is 0.778. The summed E-state index contributed by atoms with van der Waals surface area (Å²) in [6.45, 7) is 4.51. The second-order valence-corrected chi connectivity index (χ2v) is 3.61. The molecule has 0 aromatic heterocycles. The average molecular weight is 184 g/mol. The minimum atomic E-state index is -0.362. The van der Waals surface area contributed by atoms with Crippen LogP contribution in [0.4, 0.5) is 0 Å². The van der Waals surface area contributed by atoms with Gasteiger partial charge in [0.15, 0.2) is 0 Å². The molecule has 2 atom stereocenters. The van der Waals surface area contributed by atoms with E-state index >= 15 is 0 Å². The third-order valence-electron chi connectivity index (χ3n) is 2.68. The van der Waals surface area contributed by atoms with Crippen LogP contribution in [-0.2, 0) is 9.59 Å². The third kappa shape index (κ3) is 1.99. The van der Waals surface area contributed by atoms with Crippen LogP contribution in [0.25, 0.3) is 0 Å². The maximum absolute atomic E-state index is 11.4. The van der Waals surface area contributed by atoms with E-state index in [9.17, 15) is 9.59 Å². The van der Waals surface area contributed by atoms with Crippen LogP contribution in [-0.4, -0.2) is 29.3 Å². The molecular weight excluding hydrogens is 168 g/mol.